The second-order valence-electron chi connectivity index (χ2n) is 6.18. The number of halogens is 2. The molecule has 0 unspecified atom stereocenters. The maximum atomic E-state index is 10.9. The van der Waals surface area contributed by atoms with Crippen LogP contribution < -0.4 is 0 Å². The van der Waals surface area contributed by atoms with E-state index in [1.54, 1.807) is 0 Å². The molecule has 1 aliphatic carbocycles. The van der Waals surface area contributed by atoms with Gasteiger partial charge in [0.25, 0.3) is 0 Å². The van der Waals surface area contributed by atoms with Crippen molar-refractivity contribution in [3.05, 3.63) is 69.7 Å². The smallest absolute Gasteiger partial charge is 0.0859 e. The van der Waals surface area contributed by atoms with Gasteiger partial charge in [0.15, 0.2) is 0 Å². The zero-order valence-corrected chi connectivity index (χ0v) is 13.9. The fourth-order valence-corrected chi connectivity index (χ4v) is 3.29. The molecule has 22 heavy (non-hydrogen) atoms. The normalized spacial score (nSPS) is 17.2. The average Bonchev–Trinajstić information content (AvgIpc) is 3.33. The number of hydrogen-bond donors (Lipinski definition) is 1. The van der Waals surface area contributed by atoms with Crippen molar-refractivity contribution in [2.45, 2.75) is 37.7 Å². The van der Waals surface area contributed by atoms with E-state index in [2.05, 4.69) is 0 Å². The summed E-state index contributed by atoms with van der Waals surface area (Å²) in [4.78, 5) is 0. The Labute approximate surface area is 141 Å². The van der Waals surface area contributed by atoms with E-state index >= 15 is 0 Å². The van der Waals surface area contributed by atoms with Crippen molar-refractivity contribution in [2.24, 2.45) is 5.92 Å². The Kier molecular flexibility index (Phi) is 5.07. The van der Waals surface area contributed by atoms with Crippen molar-refractivity contribution in [2.75, 3.05) is 0 Å². The molecule has 2 aromatic carbocycles. The Bertz CT molecular complexity index is 620. The Morgan fingerprint density at radius 1 is 0.955 bits per heavy atom. The summed E-state index contributed by atoms with van der Waals surface area (Å²) in [6.45, 7) is 0. The third kappa shape index (κ3) is 4.04. The van der Waals surface area contributed by atoms with E-state index in [0.717, 1.165) is 28.5 Å². The third-order valence-electron chi connectivity index (χ3n) is 4.45. The van der Waals surface area contributed by atoms with Crippen LogP contribution in [0.1, 0.15) is 48.8 Å². The monoisotopic (exact) mass is 334 g/mol. The third-order valence-corrected chi connectivity index (χ3v) is 4.94. The molecule has 0 aliphatic heterocycles. The molecule has 0 bridgehead atoms. The first-order chi connectivity index (χ1) is 10.6. The van der Waals surface area contributed by atoms with E-state index in [1.165, 1.54) is 19.3 Å². The summed E-state index contributed by atoms with van der Waals surface area (Å²) < 4.78 is 0. The van der Waals surface area contributed by atoms with Crippen molar-refractivity contribution in [1.29, 1.82) is 0 Å². The molecule has 1 saturated carbocycles. The number of benzene rings is 2. The molecule has 2 atom stereocenters. The first-order valence-corrected chi connectivity index (χ1v) is 8.58. The molecule has 3 heteroatoms. The summed E-state index contributed by atoms with van der Waals surface area (Å²) in [6, 6.07) is 15.3. The van der Waals surface area contributed by atoms with Crippen LogP contribution >= 0.6 is 23.2 Å². The van der Waals surface area contributed by atoms with Crippen molar-refractivity contribution in [1.82, 2.24) is 0 Å². The van der Waals surface area contributed by atoms with Gasteiger partial charge in [-0.1, -0.05) is 60.3 Å². The lowest BCUT2D eigenvalue weighted by Gasteiger charge is -2.24. The maximum Gasteiger partial charge on any atom is 0.0859 e. The van der Waals surface area contributed by atoms with E-state index in [1.807, 2.05) is 48.5 Å². The first-order valence-electron chi connectivity index (χ1n) is 7.82. The molecule has 3 rings (SSSR count). The van der Waals surface area contributed by atoms with Gasteiger partial charge in [-0.3, -0.25) is 0 Å². The van der Waals surface area contributed by atoms with Crippen molar-refractivity contribution in [3.63, 3.8) is 0 Å². The van der Waals surface area contributed by atoms with Gasteiger partial charge < -0.3 is 5.11 Å². The SMILES string of the molecule is O[C@@H](c1cccc(Cl)c1)[C@@H](CCC1CC1)c1ccc(Cl)cc1. The van der Waals surface area contributed by atoms with E-state index in [-0.39, 0.29) is 5.92 Å². The van der Waals surface area contributed by atoms with Crippen LogP contribution in [0.15, 0.2) is 48.5 Å². The largest absolute Gasteiger partial charge is 0.388 e. The van der Waals surface area contributed by atoms with Gasteiger partial charge >= 0.3 is 0 Å². The Morgan fingerprint density at radius 2 is 1.68 bits per heavy atom. The van der Waals surface area contributed by atoms with E-state index < -0.39 is 6.10 Å². The number of aliphatic hydroxyl groups is 1. The van der Waals surface area contributed by atoms with Crippen LogP contribution in [0, 0.1) is 5.92 Å². The highest BCUT2D eigenvalue weighted by Gasteiger charge is 2.27. The van der Waals surface area contributed by atoms with Gasteiger partial charge in [0.05, 0.1) is 6.10 Å². The molecule has 0 heterocycles. The molecule has 0 amide bonds. The van der Waals surface area contributed by atoms with Crippen LogP contribution in [0.4, 0.5) is 0 Å². The molecule has 0 spiro atoms. The standard InChI is InChI=1S/C19H20Cl2O/c20-16-9-7-14(8-10-16)18(11-6-13-4-5-13)19(22)15-2-1-3-17(21)12-15/h1-3,7-10,12-13,18-19,22H,4-6,11H2/t18-,19-/m0/s1. The highest BCUT2D eigenvalue weighted by Crippen LogP contribution is 2.41. The Hall–Kier alpha value is -1.02. The topological polar surface area (TPSA) is 20.2 Å². The molecule has 1 aliphatic rings. The van der Waals surface area contributed by atoms with Gasteiger partial charge in [-0.25, -0.2) is 0 Å². The molecule has 0 radical (unpaired) electrons. The van der Waals surface area contributed by atoms with Crippen molar-refractivity contribution < 1.29 is 5.11 Å². The van der Waals surface area contributed by atoms with E-state index in [4.69, 9.17) is 23.2 Å². The fraction of sp³-hybridized carbons (Fsp3) is 0.368. The summed E-state index contributed by atoms with van der Waals surface area (Å²) in [5.41, 5.74) is 2.01. The highest BCUT2D eigenvalue weighted by atomic mass is 35.5. The zero-order chi connectivity index (χ0) is 15.5. The highest BCUT2D eigenvalue weighted by molar-refractivity contribution is 6.30. The number of hydrogen-bond acceptors (Lipinski definition) is 1. The number of aliphatic hydroxyl groups excluding tert-OH is 1. The van der Waals surface area contributed by atoms with Gasteiger partial charge in [-0.15, -0.1) is 0 Å². The second kappa shape index (κ2) is 7.04. The molecule has 0 aromatic heterocycles. The van der Waals surface area contributed by atoms with E-state index in [0.29, 0.717) is 5.02 Å². The predicted molar refractivity (Wildman–Crippen MR) is 92.6 cm³/mol. The lowest BCUT2D eigenvalue weighted by molar-refractivity contribution is 0.138. The molecule has 2 aromatic rings. The zero-order valence-electron chi connectivity index (χ0n) is 12.4. The van der Waals surface area contributed by atoms with Crippen LogP contribution in [0.2, 0.25) is 10.0 Å². The molecule has 116 valence electrons. The van der Waals surface area contributed by atoms with Crippen LogP contribution in [-0.4, -0.2) is 5.11 Å². The fourth-order valence-electron chi connectivity index (χ4n) is 2.96. The van der Waals surface area contributed by atoms with Gasteiger partial charge in [-0.2, -0.15) is 0 Å². The summed E-state index contributed by atoms with van der Waals surface area (Å²) in [7, 11) is 0. The van der Waals surface area contributed by atoms with Crippen molar-refractivity contribution >= 4 is 23.2 Å². The number of rotatable bonds is 6. The minimum absolute atomic E-state index is 0.0799. The predicted octanol–water partition coefficient (Wildman–Crippen LogP) is 6.00. The molecule has 0 saturated heterocycles. The maximum absolute atomic E-state index is 10.9. The van der Waals surface area contributed by atoms with Crippen LogP contribution in [-0.2, 0) is 0 Å². The van der Waals surface area contributed by atoms with Crippen LogP contribution in [0.5, 0.6) is 0 Å². The summed E-state index contributed by atoms with van der Waals surface area (Å²) >= 11 is 12.1. The molecule has 1 fully saturated rings. The summed E-state index contributed by atoms with van der Waals surface area (Å²) in [5.74, 6) is 0.928. The molecule has 1 nitrogen and oxygen atoms in total. The minimum atomic E-state index is -0.543. The lowest BCUT2D eigenvalue weighted by Crippen LogP contribution is -2.11. The van der Waals surface area contributed by atoms with Gasteiger partial charge in [0, 0.05) is 16.0 Å². The molecular weight excluding hydrogens is 315 g/mol. The lowest BCUT2D eigenvalue weighted by atomic mass is 9.85. The Morgan fingerprint density at radius 3 is 2.32 bits per heavy atom. The summed E-state index contributed by atoms with van der Waals surface area (Å²) in [5, 5.41) is 12.3. The van der Waals surface area contributed by atoms with Crippen LogP contribution in [0.3, 0.4) is 0 Å². The molecular formula is C19H20Cl2O. The first kappa shape index (κ1) is 15.9. The van der Waals surface area contributed by atoms with Gasteiger partial charge in [0.2, 0.25) is 0 Å². The minimum Gasteiger partial charge on any atom is -0.388 e. The Balaban J connectivity index is 1.84. The van der Waals surface area contributed by atoms with Crippen LogP contribution in [0.25, 0.3) is 0 Å². The summed E-state index contributed by atoms with van der Waals surface area (Å²) in [6.07, 6.45) is 4.28. The average molecular weight is 335 g/mol. The van der Waals surface area contributed by atoms with E-state index in [9.17, 15) is 5.11 Å². The van der Waals surface area contributed by atoms with Gasteiger partial charge in [-0.05, 0) is 54.2 Å². The van der Waals surface area contributed by atoms with Gasteiger partial charge in [0.1, 0.15) is 0 Å². The quantitative estimate of drug-likeness (QED) is 0.686. The van der Waals surface area contributed by atoms with Crippen molar-refractivity contribution in [3.8, 4) is 0 Å². The second-order valence-corrected chi connectivity index (χ2v) is 7.05. The molecule has 1 N–H and O–H groups in total.